The molecular weight excluding hydrogens is 390 g/mol. The van der Waals surface area contributed by atoms with Crippen LogP contribution >= 0.6 is 0 Å². The van der Waals surface area contributed by atoms with Crippen LogP contribution in [0.4, 0.5) is 0 Å². The number of ether oxygens (including phenoxy) is 1. The summed E-state index contributed by atoms with van der Waals surface area (Å²) >= 11 is 0. The molecule has 0 aliphatic carbocycles. The third-order valence-corrected chi connectivity index (χ3v) is 5.66. The second-order valence-electron chi connectivity index (χ2n) is 9.27. The van der Waals surface area contributed by atoms with Gasteiger partial charge >= 0.3 is 0 Å². The highest BCUT2D eigenvalue weighted by Gasteiger charge is 2.32. The SMILES string of the molecule is CC(NC(=O)C1CCN(C(=O)C(C)(C)C)CC1)c1ccc(OCc2cccnc2)cc1. The summed E-state index contributed by atoms with van der Waals surface area (Å²) in [6.45, 7) is 9.55. The molecule has 2 amide bonds. The van der Waals surface area contributed by atoms with Crippen LogP contribution in [0.15, 0.2) is 48.8 Å². The summed E-state index contributed by atoms with van der Waals surface area (Å²) in [5, 5.41) is 3.13. The van der Waals surface area contributed by atoms with Gasteiger partial charge in [-0.2, -0.15) is 0 Å². The minimum atomic E-state index is -0.378. The summed E-state index contributed by atoms with van der Waals surface area (Å²) in [6.07, 6.45) is 4.95. The molecule has 1 aliphatic heterocycles. The van der Waals surface area contributed by atoms with Crippen LogP contribution in [0.5, 0.6) is 5.75 Å². The average molecular weight is 424 g/mol. The fraction of sp³-hybridized carbons (Fsp3) is 0.480. The maximum Gasteiger partial charge on any atom is 0.227 e. The summed E-state index contributed by atoms with van der Waals surface area (Å²) < 4.78 is 5.80. The monoisotopic (exact) mass is 423 g/mol. The first-order valence-corrected chi connectivity index (χ1v) is 11.0. The van der Waals surface area contributed by atoms with Gasteiger partial charge in [-0.25, -0.2) is 0 Å². The van der Waals surface area contributed by atoms with E-state index in [2.05, 4.69) is 10.3 Å². The van der Waals surface area contributed by atoms with Crippen molar-refractivity contribution in [3.8, 4) is 5.75 Å². The molecule has 6 heteroatoms. The maximum absolute atomic E-state index is 12.7. The lowest BCUT2D eigenvalue weighted by atomic mass is 9.90. The van der Waals surface area contributed by atoms with Crippen molar-refractivity contribution < 1.29 is 14.3 Å². The van der Waals surface area contributed by atoms with Gasteiger partial charge in [-0.1, -0.05) is 39.0 Å². The molecule has 1 saturated heterocycles. The normalized spacial score (nSPS) is 15.9. The van der Waals surface area contributed by atoms with E-state index in [1.807, 2.05) is 69.0 Å². The van der Waals surface area contributed by atoms with E-state index < -0.39 is 0 Å². The summed E-state index contributed by atoms with van der Waals surface area (Å²) in [6, 6.07) is 11.6. The third-order valence-electron chi connectivity index (χ3n) is 5.66. The smallest absolute Gasteiger partial charge is 0.227 e. The first kappa shape index (κ1) is 22.8. The molecule has 0 radical (unpaired) electrons. The number of carbonyl (C=O) groups excluding carboxylic acids is 2. The first-order chi connectivity index (χ1) is 14.7. The predicted octanol–water partition coefficient (Wildman–Crippen LogP) is 4.12. The Kier molecular flexibility index (Phi) is 7.31. The van der Waals surface area contributed by atoms with Gasteiger partial charge in [0.25, 0.3) is 0 Å². The molecular formula is C25H33N3O3. The minimum absolute atomic E-state index is 0.0476. The molecule has 6 nitrogen and oxygen atoms in total. The molecule has 0 bridgehead atoms. The van der Waals surface area contributed by atoms with Crippen LogP contribution in [0.25, 0.3) is 0 Å². The van der Waals surface area contributed by atoms with Gasteiger partial charge in [0.1, 0.15) is 12.4 Å². The van der Waals surface area contributed by atoms with Gasteiger partial charge in [-0.3, -0.25) is 14.6 Å². The lowest BCUT2D eigenvalue weighted by Crippen LogP contribution is -2.46. The van der Waals surface area contributed by atoms with E-state index in [9.17, 15) is 9.59 Å². The van der Waals surface area contributed by atoms with E-state index in [-0.39, 0.29) is 29.2 Å². The predicted molar refractivity (Wildman–Crippen MR) is 120 cm³/mol. The number of nitrogens with zero attached hydrogens (tertiary/aromatic N) is 2. The molecule has 1 aromatic heterocycles. The number of pyridine rings is 1. The molecule has 2 aromatic rings. The van der Waals surface area contributed by atoms with Crippen molar-refractivity contribution in [3.05, 3.63) is 59.9 Å². The maximum atomic E-state index is 12.7. The van der Waals surface area contributed by atoms with Gasteiger partial charge in [-0.05, 0) is 43.5 Å². The molecule has 1 N–H and O–H groups in total. The van der Waals surface area contributed by atoms with E-state index >= 15 is 0 Å². The molecule has 1 atom stereocenters. The van der Waals surface area contributed by atoms with Crippen molar-refractivity contribution >= 4 is 11.8 Å². The summed E-state index contributed by atoms with van der Waals surface area (Å²) in [4.78, 5) is 31.1. The summed E-state index contributed by atoms with van der Waals surface area (Å²) in [5.41, 5.74) is 1.67. The second kappa shape index (κ2) is 9.94. The Morgan fingerprint density at radius 1 is 1.16 bits per heavy atom. The van der Waals surface area contributed by atoms with Crippen LogP contribution in [0.3, 0.4) is 0 Å². The Bertz CT molecular complexity index is 867. The zero-order valence-corrected chi connectivity index (χ0v) is 18.9. The van der Waals surface area contributed by atoms with E-state index in [0.29, 0.717) is 32.5 Å². The van der Waals surface area contributed by atoms with Crippen molar-refractivity contribution in [1.29, 1.82) is 0 Å². The lowest BCUT2D eigenvalue weighted by Gasteiger charge is -2.35. The molecule has 0 spiro atoms. The van der Waals surface area contributed by atoms with Crippen molar-refractivity contribution in [1.82, 2.24) is 15.2 Å². The standard InChI is InChI=1S/C25H33N3O3/c1-18(20-7-9-22(10-8-20)31-17-19-6-5-13-26-16-19)27-23(29)21-11-14-28(15-12-21)24(30)25(2,3)4/h5-10,13,16,18,21H,11-12,14-15,17H2,1-4H3,(H,27,29). The quantitative estimate of drug-likeness (QED) is 0.759. The second-order valence-corrected chi connectivity index (χ2v) is 9.27. The number of nitrogens with one attached hydrogen (secondary N) is 1. The van der Waals surface area contributed by atoms with Gasteiger partial charge in [-0.15, -0.1) is 0 Å². The largest absolute Gasteiger partial charge is 0.489 e. The van der Waals surface area contributed by atoms with Crippen molar-refractivity contribution in [2.24, 2.45) is 11.3 Å². The number of benzene rings is 1. The van der Waals surface area contributed by atoms with E-state index in [1.165, 1.54) is 0 Å². The van der Waals surface area contributed by atoms with E-state index in [0.717, 1.165) is 16.9 Å². The molecule has 3 rings (SSSR count). The number of likely N-dealkylation sites (tertiary alicyclic amines) is 1. The van der Waals surface area contributed by atoms with E-state index in [4.69, 9.17) is 4.74 Å². The van der Waals surface area contributed by atoms with Crippen molar-refractivity contribution in [3.63, 3.8) is 0 Å². The third kappa shape index (κ3) is 6.29. The molecule has 31 heavy (non-hydrogen) atoms. The zero-order valence-electron chi connectivity index (χ0n) is 18.9. The number of hydrogen-bond acceptors (Lipinski definition) is 4. The van der Waals surface area contributed by atoms with Crippen LogP contribution in [-0.4, -0.2) is 34.8 Å². The summed E-state index contributed by atoms with van der Waals surface area (Å²) in [7, 11) is 0. The Balaban J connectivity index is 1.47. The Hall–Kier alpha value is -2.89. The van der Waals surface area contributed by atoms with Crippen LogP contribution in [0, 0.1) is 11.3 Å². The van der Waals surface area contributed by atoms with Gasteiger partial charge in [0, 0.05) is 42.4 Å². The molecule has 1 aliphatic rings. The molecule has 1 unspecified atom stereocenters. The van der Waals surface area contributed by atoms with Gasteiger partial charge in [0.2, 0.25) is 11.8 Å². The Morgan fingerprint density at radius 3 is 2.42 bits per heavy atom. The van der Waals surface area contributed by atoms with Crippen molar-refractivity contribution in [2.75, 3.05) is 13.1 Å². The number of hydrogen-bond donors (Lipinski definition) is 1. The lowest BCUT2D eigenvalue weighted by molar-refractivity contribution is -0.142. The number of carbonyl (C=O) groups is 2. The highest BCUT2D eigenvalue weighted by molar-refractivity contribution is 5.82. The highest BCUT2D eigenvalue weighted by Crippen LogP contribution is 2.25. The van der Waals surface area contributed by atoms with Crippen LogP contribution < -0.4 is 10.1 Å². The van der Waals surface area contributed by atoms with Gasteiger partial charge in [0.05, 0.1) is 6.04 Å². The van der Waals surface area contributed by atoms with Crippen LogP contribution in [-0.2, 0) is 16.2 Å². The number of amides is 2. The number of piperidine rings is 1. The fourth-order valence-corrected chi connectivity index (χ4v) is 3.74. The first-order valence-electron chi connectivity index (χ1n) is 11.0. The number of rotatable bonds is 6. The van der Waals surface area contributed by atoms with Gasteiger partial charge in [0.15, 0.2) is 0 Å². The number of aromatic nitrogens is 1. The van der Waals surface area contributed by atoms with Gasteiger partial charge < -0.3 is 15.0 Å². The highest BCUT2D eigenvalue weighted by atomic mass is 16.5. The molecule has 2 heterocycles. The topological polar surface area (TPSA) is 71.5 Å². The Morgan fingerprint density at radius 2 is 1.84 bits per heavy atom. The zero-order chi connectivity index (χ0) is 22.4. The molecule has 1 aromatic carbocycles. The Labute approximate surface area is 185 Å². The van der Waals surface area contributed by atoms with Crippen LogP contribution in [0.2, 0.25) is 0 Å². The average Bonchev–Trinajstić information content (AvgIpc) is 2.77. The molecule has 166 valence electrons. The minimum Gasteiger partial charge on any atom is -0.489 e. The van der Waals surface area contributed by atoms with Crippen molar-refractivity contribution in [2.45, 2.75) is 53.2 Å². The fourth-order valence-electron chi connectivity index (χ4n) is 3.74. The van der Waals surface area contributed by atoms with Crippen LogP contribution in [0.1, 0.15) is 57.7 Å². The molecule has 0 saturated carbocycles. The van der Waals surface area contributed by atoms with E-state index in [1.54, 1.807) is 12.4 Å². The summed E-state index contributed by atoms with van der Waals surface area (Å²) in [5.74, 6) is 0.952. The molecule has 1 fully saturated rings.